The number of halogens is 1. The van der Waals surface area contributed by atoms with Gasteiger partial charge in [-0.2, -0.15) is 5.10 Å². The smallest absolute Gasteiger partial charge is 0.100 e. The molecule has 0 bridgehead atoms. The van der Waals surface area contributed by atoms with Gasteiger partial charge in [-0.25, -0.2) is 0 Å². The molecule has 1 saturated carbocycles. The molecule has 0 aliphatic heterocycles. The van der Waals surface area contributed by atoms with Gasteiger partial charge in [0, 0.05) is 46.2 Å². The number of benzene rings is 1. The highest BCUT2D eigenvalue weighted by atomic mass is 35.5. The van der Waals surface area contributed by atoms with E-state index < -0.39 is 0 Å². The van der Waals surface area contributed by atoms with E-state index in [2.05, 4.69) is 15.2 Å². The molecule has 0 unspecified atom stereocenters. The fourth-order valence-corrected chi connectivity index (χ4v) is 3.90. The summed E-state index contributed by atoms with van der Waals surface area (Å²) >= 11 is 6.20. The van der Waals surface area contributed by atoms with Crippen LogP contribution in [0.3, 0.4) is 0 Å². The SMILES string of the molecule is NC1CCC(c2[nH]nc(-c3cccc(Cl)c3)c2-c2ccncc2)CC1. The Morgan fingerprint density at radius 3 is 2.48 bits per heavy atom. The van der Waals surface area contributed by atoms with Crippen LogP contribution in [0.2, 0.25) is 5.02 Å². The van der Waals surface area contributed by atoms with E-state index in [1.54, 1.807) is 0 Å². The standard InChI is InChI=1S/C20H21ClN4/c21-16-3-1-2-15(12-16)20-18(13-8-10-23-11-9-13)19(24-25-20)14-4-6-17(22)7-5-14/h1-3,8-12,14,17H,4-7,22H2,(H,24,25). The predicted molar refractivity (Wildman–Crippen MR) is 101 cm³/mol. The summed E-state index contributed by atoms with van der Waals surface area (Å²) in [6.07, 6.45) is 7.96. The zero-order valence-electron chi connectivity index (χ0n) is 14.0. The van der Waals surface area contributed by atoms with Crippen LogP contribution >= 0.6 is 11.6 Å². The number of pyridine rings is 1. The molecule has 0 amide bonds. The molecule has 1 fully saturated rings. The van der Waals surface area contributed by atoms with Gasteiger partial charge in [0.25, 0.3) is 0 Å². The summed E-state index contributed by atoms with van der Waals surface area (Å²) in [4.78, 5) is 4.16. The highest BCUT2D eigenvalue weighted by Crippen LogP contribution is 2.41. The molecule has 1 aromatic carbocycles. The highest BCUT2D eigenvalue weighted by molar-refractivity contribution is 6.30. The Labute approximate surface area is 152 Å². The number of nitrogens with one attached hydrogen (secondary N) is 1. The van der Waals surface area contributed by atoms with E-state index in [0.717, 1.165) is 48.1 Å². The summed E-state index contributed by atoms with van der Waals surface area (Å²) in [6.45, 7) is 0. The van der Waals surface area contributed by atoms with Gasteiger partial charge in [0.15, 0.2) is 0 Å². The summed E-state index contributed by atoms with van der Waals surface area (Å²) in [7, 11) is 0. The van der Waals surface area contributed by atoms with Crippen molar-refractivity contribution in [2.75, 3.05) is 0 Å². The number of rotatable bonds is 3. The average Bonchev–Trinajstić information content (AvgIpc) is 3.08. The number of aromatic nitrogens is 3. The molecule has 2 aromatic heterocycles. The molecule has 0 radical (unpaired) electrons. The van der Waals surface area contributed by atoms with Crippen molar-refractivity contribution in [3.05, 3.63) is 59.5 Å². The average molecular weight is 353 g/mol. The highest BCUT2D eigenvalue weighted by Gasteiger charge is 2.26. The third kappa shape index (κ3) is 3.32. The van der Waals surface area contributed by atoms with Gasteiger partial charge in [-0.1, -0.05) is 23.7 Å². The second-order valence-corrected chi connectivity index (χ2v) is 7.16. The minimum Gasteiger partial charge on any atom is -0.328 e. The van der Waals surface area contributed by atoms with Gasteiger partial charge in [-0.15, -0.1) is 0 Å². The molecule has 5 heteroatoms. The zero-order valence-corrected chi connectivity index (χ0v) is 14.7. The summed E-state index contributed by atoms with van der Waals surface area (Å²) in [5.74, 6) is 0.461. The summed E-state index contributed by atoms with van der Waals surface area (Å²) < 4.78 is 0. The Bertz CT molecular complexity index is 851. The molecular formula is C20H21ClN4. The second kappa shape index (κ2) is 6.98. The molecule has 0 atom stereocenters. The van der Waals surface area contributed by atoms with E-state index in [1.165, 1.54) is 5.69 Å². The molecule has 1 aliphatic carbocycles. The number of nitrogens with two attached hydrogens (primary N) is 1. The van der Waals surface area contributed by atoms with Crippen molar-refractivity contribution >= 4 is 11.6 Å². The number of nitrogens with zero attached hydrogens (tertiary/aromatic N) is 2. The van der Waals surface area contributed by atoms with Crippen LogP contribution in [0.25, 0.3) is 22.4 Å². The third-order valence-corrected chi connectivity index (χ3v) is 5.28. The number of hydrogen-bond acceptors (Lipinski definition) is 3. The molecule has 3 aromatic rings. The van der Waals surface area contributed by atoms with Gasteiger partial charge in [0.1, 0.15) is 5.69 Å². The van der Waals surface area contributed by atoms with Crippen LogP contribution in [0.15, 0.2) is 48.8 Å². The van der Waals surface area contributed by atoms with Gasteiger partial charge in [0.05, 0.1) is 0 Å². The van der Waals surface area contributed by atoms with Crippen LogP contribution in [-0.2, 0) is 0 Å². The fraction of sp³-hybridized carbons (Fsp3) is 0.300. The van der Waals surface area contributed by atoms with E-state index in [1.807, 2.05) is 48.8 Å². The Hall–Kier alpha value is -2.17. The van der Waals surface area contributed by atoms with Crippen molar-refractivity contribution in [2.24, 2.45) is 5.73 Å². The van der Waals surface area contributed by atoms with E-state index in [4.69, 9.17) is 17.3 Å². The second-order valence-electron chi connectivity index (χ2n) is 6.72. The molecule has 2 heterocycles. The van der Waals surface area contributed by atoms with E-state index in [-0.39, 0.29) is 0 Å². The Morgan fingerprint density at radius 2 is 1.76 bits per heavy atom. The number of hydrogen-bond donors (Lipinski definition) is 2. The van der Waals surface area contributed by atoms with Crippen LogP contribution in [0.5, 0.6) is 0 Å². The summed E-state index contributed by atoms with van der Waals surface area (Å²) in [6, 6.07) is 12.3. The molecule has 0 spiro atoms. The van der Waals surface area contributed by atoms with Crippen molar-refractivity contribution in [2.45, 2.75) is 37.6 Å². The minimum atomic E-state index is 0.330. The number of aromatic amines is 1. The quantitative estimate of drug-likeness (QED) is 0.713. The predicted octanol–water partition coefficient (Wildman–Crippen LogP) is 4.78. The molecule has 3 N–H and O–H groups in total. The maximum Gasteiger partial charge on any atom is 0.100 e. The van der Waals surface area contributed by atoms with E-state index >= 15 is 0 Å². The zero-order chi connectivity index (χ0) is 17.2. The molecular weight excluding hydrogens is 332 g/mol. The van der Waals surface area contributed by atoms with Crippen LogP contribution in [0.1, 0.15) is 37.3 Å². The first-order valence-corrected chi connectivity index (χ1v) is 9.10. The summed E-state index contributed by atoms with van der Waals surface area (Å²) in [5.41, 5.74) is 11.5. The van der Waals surface area contributed by atoms with Crippen LogP contribution in [-0.4, -0.2) is 21.2 Å². The first-order valence-electron chi connectivity index (χ1n) is 8.72. The molecule has 128 valence electrons. The molecule has 0 saturated heterocycles. The lowest BCUT2D eigenvalue weighted by Crippen LogP contribution is -2.26. The molecule has 1 aliphatic rings. The normalized spacial score (nSPS) is 20.6. The van der Waals surface area contributed by atoms with Crippen LogP contribution in [0, 0.1) is 0 Å². The lowest BCUT2D eigenvalue weighted by atomic mass is 9.82. The lowest BCUT2D eigenvalue weighted by molar-refractivity contribution is 0.391. The largest absolute Gasteiger partial charge is 0.328 e. The molecule has 25 heavy (non-hydrogen) atoms. The van der Waals surface area contributed by atoms with Crippen molar-refractivity contribution in [1.82, 2.24) is 15.2 Å². The molecule has 4 nitrogen and oxygen atoms in total. The van der Waals surface area contributed by atoms with Gasteiger partial charge in [-0.05, 0) is 55.5 Å². The van der Waals surface area contributed by atoms with Gasteiger partial charge in [0.2, 0.25) is 0 Å². The van der Waals surface area contributed by atoms with Crippen LogP contribution < -0.4 is 5.73 Å². The Morgan fingerprint density at radius 1 is 1.00 bits per heavy atom. The van der Waals surface area contributed by atoms with Crippen molar-refractivity contribution in [3.63, 3.8) is 0 Å². The van der Waals surface area contributed by atoms with Crippen molar-refractivity contribution < 1.29 is 0 Å². The van der Waals surface area contributed by atoms with Crippen molar-refractivity contribution in [3.8, 4) is 22.4 Å². The number of H-pyrrole nitrogens is 1. The van der Waals surface area contributed by atoms with Gasteiger partial charge in [-0.3, -0.25) is 10.1 Å². The summed E-state index contributed by atoms with van der Waals surface area (Å²) in [5, 5.41) is 8.70. The Balaban J connectivity index is 1.83. The van der Waals surface area contributed by atoms with Gasteiger partial charge < -0.3 is 5.73 Å². The third-order valence-electron chi connectivity index (χ3n) is 5.04. The van der Waals surface area contributed by atoms with E-state index in [9.17, 15) is 0 Å². The van der Waals surface area contributed by atoms with Crippen LogP contribution in [0.4, 0.5) is 0 Å². The first kappa shape index (κ1) is 16.3. The first-order chi connectivity index (χ1) is 12.2. The molecule has 4 rings (SSSR count). The monoisotopic (exact) mass is 352 g/mol. The minimum absolute atomic E-state index is 0.330. The Kier molecular flexibility index (Phi) is 4.55. The fourth-order valence-electron chi connectivity index (χ4n) is 3.71. The van der Waals surface area contributed by atoms with Gasteiger partial charge >= 0.3 is 0 Å². The maximum absolute atomic E-state index is 6.20. The van der Waals surface area contributed by atoms with E-state index in [0.29, 0.717) is 17.0 Å². The lowest BCUT2D eigenvalue weighted by Gasteiger charge is -2.26. The maximum atomic E-state index is 6.20. The van der Waals surface area contributed by atoms with Crippen molar-refractivity contribution in [1.29, 1.82) is 0 Å². The topological polar surface area (TPSA) is 67.6 Å².